The highest BCUT2D eigenvalue weighted by Gasteiger charge is 2.53. The number of esters is 1. The number of ether oxygens (including phenoxy) is 2. The predicted molar refractivity (Wildman–Crippen MR) is 51.9 cm³/mol. The van der Waals surface area contributed by atoms with Gasteiger partial charge >= 0.3 is 5.97 Å². The molecule has 0 aromatic carbocycles. The normalized spacial score (nSPS) is 41.0. The van der Waals surface area contributed by atoms with Crippen LogP contribution in [0.1, 0.15) is 38.5 Å². The highest BCUT2D eigenvalue weighted by Crippen LogP contribution is 2.54. The number of methoxy groups -OCH3 is 2. The number of carbonyl (C=O) groups excluding carboxylic acids is 1. The number of hydrogen-bond acceptors (Lipinski definition) is 3. The zero-order valence-electron chi connectivity index (χ0n) is 8.97. The van der Waals surface area contributed by atoms with E-state index in [0.717, 1.165) is 38.5 Å². The molecule has 3 rings (SSSR count). The third-order valence-electron chi connectivity index (χ3n) is 4.23. The van der Waals surface area contributed by atoms with Crippen LogP contribution < -0.4 is 0 Å². The van der Waals surface area contributed by atoms with E-state index in [1.807, 2.05) is 0 Å². The maximum absolute atomic E-state index is 11.7. The van der Waals surface area contributed by atoms with Gasteiger partial charge in [-0.3, -0.25) is 4.79 Å². The fraction of sp³-hybridized carbons (Fsp3) is 0.909. The van der Waals surface area contributed by atoms with Gasteiger partial charge in [0.05, 0.1) is 18.1 Å². The first-order valence-electron chi connectivity index (χ1n) is 5.30. The molecule has 3 fully saturated rings. The van der Waals surface area contributed by atoms with E-state index in [2.05, 4.69) is 0 Å². The molecule has 0 atom stereocenters. The second-order valence-electron chi connectivity index (χ2n) is 4.66. The molecular weight excluding hydrogens is 180 g/mol. The van der Waals surface area contributed by atoms with Crippen molar-refractivity contribution in [1.29, 1.82) is 0 Å². The van der Waals surface area contributed by atoms with Crippen LogP contribution in [0.5, 0.6) is 0 Å². The summed E-state index contributed by atoms with van der Waals surface area (Å²) in [5.41, 5.74) is -0.0925. The Bertz CT molecular complexity index is 222. The van der Waals surface area contributed by atoms with Gasteiger partial charge in [-0.2, -0.15) is 0 Å². The molecule has 0 radical (unpaired) electrons. The Labute approximate surface area is 84.8 Å². The van der Waals surface area contributed by atoms with E-state index in [9.17, 15) is 4.79 Å². The van der Waals surface area contributed by atoms with Crippen molar-refractivity contribution >= 4 is 5.97 Å². The van der Waals surface area contributed by atoms with Crippen LogP contribution in [-0.4, -0.2) is 25.8 Å². The predicted octanol–water partition coefficient (Wildman–Crippen LogP) is 1.90. The van der Waals surface area contributed by atoms with Crippen LogP contribution in [0, 0.1) is 5.41 Å². The summed E-state index contributed by atoms with van der Waals surface area (Å²) in [6.45, 7) is 0. The maximum atomic E-state index is 11.7. The van der Waals surface area contributed by atoms with Crippen molar-refractivity contribution < 1.29 is 14.3 Å². The van der Waals surface area contributed by atoms with Gasteiger partial charge in [0, 0.05) is 7.11 Å². The number of rotatable bonds is 2. The second kappa shape index (κ2) is 3.23. The van der Waals surface area contributed by atoms with Gasteiger partial charge in [-0.1, -0.05) is 0 Å². The van der Waals surface area contributed by atoms with Crippen LogP contribution in [0.4, 0.5) is 0 Å². The Morgan fingerprint density at radius 2 is 1.50 bits per heavy atom. The van der Waals surface area contributed by atoms with Crippen LogP contribution in [0.3, 0.4) is 0 Å². The molecule has 0 aromatic heterocycles. The number of fused-ring (bicyclic) bond motifs is 3. The summed E-state index contributed by atoms with van der Waals surface area (Å²) >= 11 is 0. The van der Waals surface area contributed by atoms with E-state index in [1.54, 1.807) is 7.11 Å². The molecule has 0 amide bonds. The lowest BCUT2D eigenvalue weighted by Gasteiger charge is -2.50. The molecule has 2 bridgehead atoms. The highest BCUT2D eigenvalue weighted by molar-refractivity contribution is 5.77. The lowest BCUT2D eigenvalue weighted by atomic mass is 9.58. The van der Waals surface area contributed by atoms with Crippen LogP contribution in [-0.2, 0) is 14.3 Å². The van der Waals surface area contributed by atoms with Gasteiger partial charge in [0.15, 0.2) is 0 Å². The minimum atomic E-state index is -0.172. The molecular formula is C11H18O3. The number of hydrogen-bond donors (Lipinski definition) is 0. The lowest BCUT2D eigenvalue weighted by molar-refractivity contribution is -0.172. The van der Waals surface area contributed by atoms with E-state index in [-0.39, 0.29) is 17.0 Å². The van der Waals surface area contributed by atoms with Gasteiger partial charge in [0.25, 0.3) is 0 Å². The highest BCUT2D eigenvalue weighted by atomic mass is 16.5. The van der Waals surface area contributed by atoms with Crippen molar-refractivity contribution in [2.24, 2.45) is 5.41 Å². The summed E-state index contributed by atoms with van der Waals surface area (Å²) in [5, 5.41) is 0. The number of carbonyl (C=O) groups is 1. The molecule has 80 valence electrons. The first-order chi connectivity index (χ1) is 6.66. The van der Waals surface area contributed by atoms with E-state index in [1.165, 1.54) is 7.11 Å². The molecule has 0 saturated heterocycles. The summed E-state index contributed by atoms with van der Waals surface area (Å²) in [4.78, 5) is 11.7. The third kappa shape index (κ3) is 1.26. The molecule has 0 heterocycles. The van der Waals surface area contributed by atoms with E-state index < -0.39 is 0 Å². The van der Waals surface area contributed by atoms with Gasteiger partial charge in [0.1, 0.15) is 0 Å². The van der Waals surface area contributed by atoms with Gasteiger partial charge in [-0.05, 0) is 38.5 Å². The first-order valence-corrected chi connectivity index (χ1v) is 5.30. The zero-order valence-corrected chi connectivity index (χ0v) is 8.97. The van der Waals surface area contributed by atoms with Crippen molar-refractivity contribution in [3.63, 3.8) is 0 Å². The molecule has 3 nitrogen and oxygen atoms in total. The fourth-order valence-corrected chi connectivity index (χ4v) is 2.98. The van der Waals surface area contributed by atoms with Crippen molar-refractivity contribution in [1.82, 2.24) is 0 Å². The van der Waals surface area contributed by atoms with Crippen LogP contribution in [0.2, 0.25) is 0 Å². The summed E-state index contributed by atoms with van der Waals surface area (Å²) in [6, 6.07) is 0. The molecule has 3 saturated carbocycles. The molecule has 3 aliphatic rings. The summed E-state index contributed by atoms with van der Waals surface area (Å²) in [6.07, 6.45) is 5.85. The Hall–Kier alpha value is -0.570. The fourth-order valence-electron chi connectivity index (χ4n) is 2.98. The minimum absolute atomic E-state index is 0.0121. The molecule has 0 spiro atoms. The first kappa shape index (κ1) is 9.97. The van der Waals surface area contributed by atoms with Crippen molar-refractivity contribution in [3.8, 4) is 0 Å². The molecule has 0 aromatic rings. The standard InChI is InChI=1S/C11H18O3/c1-13-9(12)10-3-6-11(14-2,7-4-10)8-5-10/h3-8H2,1-2H3. The minimum Gasteiger partial charge on any atom is -0.469 e. The van der Waals surface area contributed by atoms with Gasteiger partial charge in [-0.15, -0.1) is 0 Å². The third-order valence-corrected chi connectivity index (χ3v) is 4.23. The maximum Gasteiger partial charge on any atom is 0.311 e. The van der Waals surface area contributed by atoms with Gasteiger partial charge in [0.2, 0.25) is 0 Å². The molecule has 3 heteroatoms. The largest absolute Gasteiger partial charge is 0.469 e. The Morgan fingerprint density at radius 3 is 1.86 bits per heavy atom. The lowest BCUT2D eigenvalue weighted by Crippen LogP contribution is -2.50. The Morgan fingerprint density at radius 1 is 1.00 bits per heavy atom. The smallest absolute Gasteiger partial charge is 0.311 e. The SMILES string of the molecule is COC(=O)C12CCC(OC)(CC1)CC2. The molecule has 0 N–H and O–H groups in total. The molecule has 14 heavy (non-hydrogen) atoms. The van der Waals surface area contributed by atoms with Gasteiger partial charge < -0.3 is 9.47 Å². The van der Waals surface area contributed by atoms with Crippen molar-refractivity contribution in [3.05, 3.63) is 0 Å². The van der Waals surface area contributed by atoms with E-state index in [0.29, 0.717) is 0 Å². The van der Waals surface area contributed by atoms with Crippen molar-refractivity contribution in [2.45, 2.75) is 44.1 Å². The Balaban J connectivity index is 2.12. The van der Waals surface area contributed by atoms with Crippen LogP contribution >= 0.6 is 0 Å². The van der Waals surface area contributed by atoms with E-state index in [4.69, 9.17) is 9.47 Å². The van der Waals surface area contributed by atoms with Crippen molar-refractivity contribution in [2.75, 3.05) is 14.2 Å². The van der Waals surface area contributed by atoms with E-state index >= 15 is 0 Å². The summed E-state index contributed by atoms with van der Waals surface area (Å²) in [5.74, 6) is -0.0121. The summed E-state index contributed by atoms with van der Waals surface area (Å²) < 4.78 is 10.5. The van der Waals surface area contributed by atoms with Crippen LogP contribution in [0.15, 0.2) is 0 Å². The van der Waals surface area contributed by atoms with Gasteiger partial charge in [-0.25, -0.2) is 0 Å². The quantitative estimate of drug-likeness (QED) is 0.636. The molecule has 0 aliphatic heterocycles. The second-order valence-corrected chi connectivity index (χ2v) is 4.66. The molecule has 0 unspecified atom stereocenters. The topological polar surface area (TPSA) is 35.5 Å². The average Bonchev–Trinajstić information content (AvgIpc) is 2.30. The Kier molecular flexibility index (Phi) is 2.30. The summed E-state index contributed by atoms with van der Waals surface area (Å²) in [7, 11) is 3.28. The average molecular weight is 198 g/mol. The molecule has 3 aliphatic carbocycles. The monoisotopic (exact) mass is 198 g/mol. The van der Waals surface area contributed by atoms with Crippen LogP contribution in [0.25, 0.3) is 0 Å². The zero-order chi connectivity index (χ0) is 10.2.